The number of nitro groups is 1. The van der Waals surface area contributed by atoms with Crippen LogP contribution in [0.4, 0.5) is 25.1 Å². The van der Waals surface area contributed by atoms with Crippen LogP contribution in [0.5, 0.6) is 0 Å². The topological polar surface area (TPSA) is 103 Å². The summed E-state index contributed by atoms with van der Waals surface area (Å²) < 4.78 is 35.6. The lowest BCUT2D eigenvalue weighted by Gasteiger charge is -2.32. The Kier molecular flexibility index (Phi) is 5.35. The van der Waals surface area contributed by atoms with E-state index in [-0.39, 0.29) is 24.5 Å². The van der Waals surface area contributed by atoms with Crippen molar-refractivity contribution in [3.05, 3.63) is 16.3 Å². The van der Waals surface area contributed by atoms with E-state index in [4.69, 9.17) is 4.74 Å². The number of halogens is 2. The summed E-state index contributed by atoms with van der Waals surface area (Å²) in [6.45, 7) is 5.94. The number of rotatable bonds is 3. The van der Waals surface area contributed by atoms with Crippen LogP contribution in [0.2, 0.25) is 0 Å². The van der Waals surface area contributed by atoms with E-state index in [1.807, 2.05) is 0 Å². The van der Waals surface area contributed by atoms with Crippen LogP contribution in [0.3, 0.4) is 0 Å². The van der Waals surface area contributed by atoms with Gasteiger partial charge in [0.15, 0.2) is 0 Å². The molecule has 2 heterocycles. The fourth-order valence-corrected chi connectivity index (χ4v) is 3.21. The summed E-state index contributed by atoms with van der Waals surface area (Å²) >= 11 is 0. The Morgan fingerprint density at radius 3 is 2.63 bits per heavy atom. The number of aromatic nitrogens is 2. The van der Waals surface area contributed by atoms with Crippen molar-refractivity contribution in [3.8, 4) is 0 Å². The Bertz CT molecular complexity index is 731. The van der Waals surface area contributed by atoms with Gasteiger partial charge in [-0.15, -0.1) is 0 Å². The number of nitrogens with one attached hydrogen (secondary N) is 1. The lowest BCUT2D eigenvalue weighted by molar-refractivity contribution is -0.384. The zero-order valence-electron chi connectivity index (χ0n) is 16.1. The highest BCUT2D eigenvalue weighted by atomic mass is 19.3. The Hall–Kier alpha value is -2.46. The predicted octanol–water partition coefficient (Wildman–Crippen LogP) is 2.85. The van der Waals surface area contributed by atoms with E-state index in [0.717, 1.165) is 6.20 Å². The normalized spacial score (nSPS) is 22.9. The molecule has 1 fully saturated rings. The number of anilines is 1. The number of hydrogen-bond donors (Lipinski definition) is 1. The van der Waals surface area contributed by atoms with Gasteiger partial charge in [0.1, 0.15) is 11.8 Å². The van der Waals surface area contributed by atoms with Crippen LogP contribution < -0.4 is 10.2 Å². The molecular weight excluding hydrogens is 364 g/mol. The summed E-state index contributed by atoms with van der Waals surface area (Å²) in [5.74, 6) is -3.17. The minimum atomic E-state index is -3.18. The molecule has 9 nitrogen and oxygen atoms in total. The number of nitrogens with zero attached hydrogens (tertiary/aromatic N) is 4. The van der Waals surface area contributed by atoms with E-state index in [2.05, 4.69) is 10.4 Å². The Morgan fingerprint density at radius 2 is 2.07 bits per heavy atom. The highest BCUT2D eigenvalue weighted by molar-refractivity contribution is 5.69. The van der Waals surface area contributed by atoms with Crippen molar-refractivity contribution in [2.24, 2.45) is 7.05 Å². The van der Waals surface area contributed by atoms with Crippen molar-refractivity contribution in [3.63, 3.8) is 0 Å². The molecule has 11 heteroatoms. The van der Waals surface area contributed by atoms with Crippen LogP contribution in [0, 0.1) is 10.1 Å². The standard InChI is InChI=1S/C16H25F2N5O4/c1-14(2,3)27-13(24)20-15(4)6-7-22(10-16(17,18)9-15)12-11(23(25)26)8-19-21(12)5/h8H,6-7,9-10H2,1-5H3,(H,20,24). The minimum absolute atomic E-state index is 0.0150. The van der Waals surface area contributed by atoms with Gasteiger partial charge in [-0.25, -0.2) is 18.3 Å². The number of ether oxygens (including phenoxy) is 1. The smallest absolute Gasteiger partial charge is 0.408 e. The van der Waals surface area contributed by atoms with Crippen molar-refractivity contribution in [2.45, 2.75) is 57.6 Å². The summed E-state index contributed by atoms with van der Waals surface area (Å²) in [4.78, 5) is 23.9. The average molecular weight is 389 g/mol. The summed E-state index contributed by atoms with van der Waals surface area (Å²) in [6, 6.07) is 0. The van der Waals surface area contributed by atoms with E-state index >= 15 is 0 Å². The molecule has 1 atom stereocenters. The van der Waals surface area contributed by atoms with E-state index in [0.29, 0.717) is 0 Å². The van der Waals surface area contributed by atoms with Gasteiger partial charge in [0.05, 0.1) is 11.5 Å². The quantitative estimate of drug-likeness (QED) is 0.630. The van der Waals surface area contributed by atoms with Gasteiger partial charge in [0.2, 0.25) is 5.82 Å². The average Bonchev–Trinajstić information content (AvgIpc) is 2.76. The largest absolute Gasteiger partial charge is 0.444 e. The van der Waals surface area contributed by atoms with Gasteiger partial charge in [-0.05, 0) is 34.1 Å². The molecule has 1 amide bonds. The van der Waals surface area contributed by atoms with Crippen LogP contribution in [0.15, 0.2) is 6.20 Å². The van der Waals surface area contributed by atoms with Crippen LogP contribution in [0.25, 0.3) is 0 Å². The van der Waals surface area contributed by atoms with Gasteiger partial charge in [0.25, 0.3) is 5.92 Å². The second kappa shape index (κ2) is 6.93. The fourth-order valence-electron chi connectivity index (χ4n) is 3.21. The van der Waals surface area contributed by atoms with Crippen molar-refractivity contribution in [2.75, 3.05) is 18.0 Å². The van der Waals surface area contributed by atoms with Crippen molar-refractivity contribution in [1.82, 2.24) is 15.1 Å². The summed E-state index contributed by atoms with van der Waals surface area (Å²) in [6.07, 6.45) is -0.192. The minimum Gasteiger partial charge on any atom is -0.444 e. The number of hydrogen-bond acceptors (Lipinski definition) is 6. The monoisotopic (exact) mass is 389 g/mol. The molecule has 0 bridgehead atoms. The molecular formula is C16H25F2N5O4. The first kappa shape index (κ1) is 20.8. The molecule has 1 saturated heterocycles. The van der Waals surface area contributed by atoms with E-state index in [1.54, 1.807) is 20.8 Å². The van der Waals surface area contributed by atoms with Crippen LogP contribution in [-0.4, -0.2) is 50.9 Å². The molecule has 27 heavy (non-hydrogen) atoms. The van der Waals surface area contributed by atoms with Crippen LogP contribution in [0.1, 0.15) is 40.5 Å². The van der Waals surface area contributed by atoms with Gasteiger partial charge < -0.3 is 15.0 Å². The van der Waals surface area contributed by atoms with Gasteiger partial charge in [-0.2, -0.15) is 5.10 Å². The molecule has 0 spiro atoms. The van der Waals surface area contributed by atoms with Crippen molar-refractivity contribution in [1.29, 1.82) is 0 Å². The highest BCUT2D eigenvalue weighted by Gasteiger charge is 2.46. The third kappa shape index (κ3) is 5.27. The molecule has 1 aromatic heterocycles. The maximum absolute atomic E-state index is 14.6. The first-order chi connectivity index (χ1) is 12.2. The molecule has 1 aliphatic heterocycles. The molecule has 1 N–H and O–H groups in total. The van der Waals surface area contributed by atoms with Gasteiger partial charge in [-0.3, -0.25) is 10.1 Å². The number of alkyl carbamates (subject to hydrolysis) is 1. The van der Waals surface area contributed by atoms with E-state index in [1.165, 1.54) is 23.6 Å². The molecule has 0 radical (unpaired) electrons. The molecule has 152 valence electrons. The molecule has 1 aromatic rings. The molecule has 2 rings (SSSR count). The zero-order valence-corrected chi connectivity index (χ0v) is 16.1. The van der Waals surface area contributed by atoms with E-state index in [9.17, 15) is 23.7 Å². The lowest BCUT2D eigenvalue weighted by Crippen LogP contribution is -2.50. The predicted molar refractivity (Wildman–Crippen MR) is 94.0 cm³/mol. The zero-order chi connectivity index (χ0) is 20.6. The fraction of sp³-hybridized carbons (Fsp3) is 0.750. The van der Waals surface area contributed by atoms with E-state index < -0.39 is 41.0 Å². The van der Waals surface area contributed by atoms with Crippen molar-refractivity contribution < 1.29 is 23.2 Å². The lowest BCUT2D eigenvalue weighted by atomic mass is 9.91. The number of carbonyl (C=O) groups excluding carboxylic acids is 1. The van der Waals surface area contributed by atoms with Gasteiger partial charge in [-0.1, -0.05) is 0 Å². The number of aryl methyl sites for hydroxylation is 1. The van der Waals surface area contributed by atoms with Gasteiger partial charge >= 0.3 is 11.8 Å². The molecule has 0 aromatic carbocycles. The SMILES string of the molecule is Cn1ncc([N+](=O)[O-])c1N1CCC(C)(NC(=O)OC(C)(C)C)CC(F)(F)C1. The van der Waals surface area contributed by atoms with Crippen molar-refractivity contribution >= 4 is 17.6 Å². The molecule has 1 unspecified atom stereocenters. The number of alkyl halides is 2. The summed E-state index contributed by atoms with van der Waals surface area (Å²) in [5, 5.41) is 17.6. The first-order valence-electron chi connectivity index (χ1n) is 8.52. The van der Waals surface area contributed by atoms with Crippen LogP contribution in [-0.2, 0) is 11.8 Å². The Balaban J connectivity index is 2.25. The molecule has 0 saturated carbocycles. The Labute approximate surface area is 155 Å². The maximum Gasteiger partial charge on any atom is 0.408 e. The summed E-state index contributed by atoms with van der Waals surface area (Å²) in [5.41, 5.74) is -2.32. The molecule has 1 aliphatic rings. The summed E-state index contributed by atoms with van der Waals surface area (Å²) in [7, 11) is 1.46. The second-order valence-corrected chi connectivity index (χ2v) is 8.13. The third-order valence-corrected chi connectivity index (χ3v) is 4.19. The first-order valence-corrected chi connectivity index (χ1v) is 8.52. The number of amides is 1. The second-order valence-electron chi connectivity index (χ2n) is 8.13. The Morgan fingerprint density at radius 1 is 1.44 bits per heavy atom. The maximum atomic E-state index is 14.6. The molecule has 0 aliphatic carbocycles. The van der Waals surface area contributed by atoms with Crippen LogP contribution >= 0.6 is 0 Å². The third-order valence-electron chi connectivity index (χ3n) is 4.19. The highest BCUT2D eigenvalue weighted by Crippen LogP contribution is 2.37. The van der Waals surface area contributed by atoms with Gasteiger partial charge in [0, 0.05) is 25.6 Å². The number of carbonyl (C=O) groups is 1.